The molecule has 0 aliphatic heterocycles. The molecule has 3 N–H and O–H groups in total. The van der Waals surface area contributed by atoms with Crippen molar-refractivity contribution >= 4 is 35.0 Å². The number of hydrogen-bond donors (Lipinski definition) is 2. The molecular weight excluding hydrogens is 244 g/mol. The summed E-state index contributed by atoms with van der Waals surface area (Å²) in [5, 5.41) is 3.29. The molecule has 0 saturated heterocycles. The van der Waals surface area contributed by atoms with Crippen molar-refractivity contribution in [2.45, 2.75) is 13.0 Å². The molecule has 0 fully saturated rings. The average Bonchev–Trinajstić information content (AvgIpc) is 2.22. The van der Waals surface area contributed by atoms with E-state index in [9.17, 15) is 4.79 Å². The fourth-order valence-corrected chi connectivity index (χ4v) is 2.03. The lowest BCUT2D eigenvalue weighted by Gasteiger charge is -2.12. The Bertz CT molecular complexity index is 384. The largest absolute Gasteiger partial charge is 0.398 e. The lowest BCUT2D eigenvalue weighted by molar-refractivity contribution is 0.0944. The minimum absolute atomic E-state index is 0.122. The summed E-state index contributed by atoms with van der Waals surface area (Å²) in [6.45, 7) is 1.97. The summed E-state index contributed by atoms with van der Waals surface area (Å²) < 4.78 is 0. The van der Waals surface area contributed by atoms with E-state index in [0.717, 1.165) is 5.75 Å². The Labute approximate surface area is 105 Å². The van der Waals surface area contributed by atoms with Crippen LogP contribution in [-0.2, 0) is 0 Å². The Balaban J connectivity index is 2.69. The topological polar surface area (TPSA) is 55.1 Å². The number of nitrogens with two attached hydrogens (primary N) is 1. The van der Waals surface area contributed by atoms with Gasteiger partial charge in [-0.25, -0.2) is 0 Å². The van der Waals surface area contributed by atoms with E-state index in [1.165, 1.54) is 0 Å². The number of nitrogen functional groups attached to an aromatic ring is 1. The third kappa shape index (κ3) is 3.61. The Hall–Kier alpha value is -0.870. The van der Waals surface area contributed by atoms with Gasteiger partial charge in [0.25, 0.3) is 5.91 Å². The fraction of sp³-hybridized carbons (Fsp3) is 0.364. The third-order valence-electron chi connectivity index (χ3n) is 2.06. The van der Waals surface area contributed by atoms with Gasteiger partial charge in [0.1, 0.15) is 0 Å². The highest BCUT2D eigenvalue weighted by Gasteiger charge is 2.10. The van der Waals surface area contributed by atoms with Crippen LogP contribution in [0.3, 0.4) is 0 Å². The maximum Gasteiger partial charge on any atom is 0.251 e. The van der Waals surface area contributed by atoms with Gasteiger partial charge in [-0.15, -0.1) is 0 Å². The number of thioether (sulfide) groups is 1. The van der Waals surface area contributed by atoms with Crippen LogP contribution in [0.2, 0.25) is 5.02 Å². The van der Waals surface area contributed by atoms with Crippen molar-refractivity contribution in [3.05, 3.63) is 28.8 Å². The SMILES string of the molecule is CSCC(C)NC(=O)c1ccc(N)c(Cl)c1. The van der Waals surface area contributed by atoms with Gasteiger partial charge in [0.05, 0.1) is 10.7 Å². The van der Waals surface area contributed by atoms with Gasteiger partial charge in [0.15, 0.2) is 0 Å². The summed E-state index contributed by atoms with van der Waals surface area (Å²) in [7, 11) is 0. The van der Waals surface area contributed by atoms with Crippen LogP contribution in [0.5, 0.6) is 0 Å². The molecule has 0 aliphatic rings. The van der Waals surface area contributed by atoms with E-state index < -0.39 is 0 Å². The molecular formula is C11H15ClN2OS. The first-order valence-electron chi connectivity index (χ1n) is 4.89. The number of hydrogen-bond acceptors (Lipinski definition) is 3. The number of nitrogens with one attached hydrogen (secondary N) is 1. The van der Waals surface area contributed by atoms with Crippen molar-refractivity contribution < 1.29 is 4.79 Å². The van der Waals surface area contributed by atoms with Gasteiger partial charge in [-0.1, -0.05) is 11.6 Å². The molecule has 0 radical (unpaired) electrons. The number of halogens is 1. The number of rotatable bonds is 4. The summed E-state index contributed by atoms with van der Waals surface area (Å²) in [5.41, 5.74) is 6.59. The highest BCUT2D eigenvalue weighted by molar-refractivity contribution is 7.98. The van der Waals surface area contributed by atoms with E-state index in [0.29, 0.717) is 16.3 Å². The normalized spacial score (nSPS) is 12.2. The van der Waals surface area contributed by atoms with Crippen LogP contribution in [0.4, 0.5) is 5.69 Å². The molecule has 1 amide bonds. The predicted octanol–water partition coefficient (Wildman–Crippen LogP) is 2.40. The van der Waals surface area contributed by atoms with Crippen LogP contribution in [-0.4, -0.2) is 24.0 Å². The quantitative estimate of drug-likeness (QED) is 0.816. The molecule has 88 valence electrons. The lowest BCUT2D eigenvalue weighted by atomic mass is 10.2. The zero-order chi connectivity index (χ0) is 12.1. The average molecular weight is 259 g/mol. The van der Waals surface area contributed by atoms with Crippen molar-refractivity contribution in [2.24, 2.45) is 0 Å². The second kappa shape index (κ2) is 6.01. The van der Waals surface area contributed by atoms with Crippen molar-refractivity contribution in [3.63, 3.8) is 0 Å². The van der Waals surface area contributed by atoms with E-state index in [1.807, 2.05) is 13.2 Å². The van der Waals surface area contributed by atoms with Gasteiger partial charge in [-0.2, -0.15) is 11.8 Å². The van der Waals surface area contributed by atoms with E-state index >= 15 is 0 Å². The highest BCUT2D eigenvalue weighted by Crippen LogP contribution is 2.19. The first-order chi connectivity index (χ1) is 7.54. The minimum atomic E-state index is -0.122. The summed E-state index contributed by atoms with van der Waals surface area (Å²) in [5.74, 6) is 0.762. The Kier molecular flexibility index (Phi) is 4.96. The van der Waals surface area contributed by atoms with E-state index in [-0.39, 0.29) is 11.9 Å². The Morgan fingerprint density at radius 1 is 1.62 bits per heavy atom. The zero-order valence-corrected chi connectivity index (χ0v) is 10.9. The number of benzene rings is 1. The van der Waals surface area contributed by atoms with Crippen molar-refractivity contribution in [1.82, 2.24) is 5.32 Å². The maximum atomic E-state index is 11.8. The number of carbonyl (C=O) groups is 1. The molecule has 1 aromatic carbocycles. The maximum absolute atomic E-state index is 11.8. The first kappa shape index (κ1) is 13.2. The second-order valence-corrected chi connectivity index (χ2v) is 4.88. The molecule has 0 aromatic heterocycles. The molecule has 0 saturated carbocycles. The van der Waals surface area contributed by atoms with Crippen molar-refractivity contribution in [1.29, 1.82) is 0 Å². The van der Waals surface area contributed by atoms with Crippen molar-refractivity contribution in [2.75, 3.05) is 17.7 Å². The van der Waals surface area contributed by atoms with Crippen LogP contribution in [0.25, 0.3) is 0 Å². The number of amides is 1. The van der Waals surface area contributed by atoms with Gasteiger partial charge >= 0.3 is 0 Å². The monoisotopic (exact) mass is 258 g/mol. The Morgan fingerprint density at radius 3 is 2.88 bits per heavy atom. The zero-order valence-electron chi connectivity index (χ0n) is 9.29. The molecule has 0 heterocycles. The lowest BCUT2D eigenvalue weighted by Crippen LogP contribution is -2.34. The van der Waals surface area contributed by atoms with Crippen LogP contribution in [0.1, 0.15) is 17.3 Å². The Morgan fingerprint density at radius 2 is 2.31 bits per heavy atom. The first-order valence-corrected chi connectivity index (χ1v) is 6.66. The third-order valence-corrected chi connectivity index (χ3v) is 3.22. The summed E-state index contributed by atoms with van der Waals surface area (Å²) in [6.07, 6.45) is 2.00. The number of anilines is 1. The van der Waals surface area contributed by atoms with Gasteiger partial charge in [0.2, 0.25) is 0 Å². The van der Waals surface area contributed by atoms with Crippen LogP contribution in [0, 0.1) is 0 Å². The summed E-state index contributed by atoms with van der Waals surface area (Å²) in [4.78, 5) is 11.8. The van der Waals surface area contributed by atoms with Crippen molar-refractivity contribution in [3.8, 4) is 0 Å². The highest BCUT2D eigenvalue weighted by atomic mass is 35.5. The summed E-state index contributed by atoms with van der Waals surface area (Å²) >= 11 is 7.54. The molecule has 1 atom stereocenters. The minimum Gasteiger partial charge on any atom is -0.398 e. The van der Waals surface area contributed by atoms with Crippen LogP contribution >= 0.6 is 23.4 Å². The molecule has 0 bridgehead atoms. The van der Waals surface area contributed by atoms with Crippen LogP contribution in [0.15, 0.2) is 18.2 Å². The predicted molar refractivity (Wildman–Crippen MR) is 71.2 cm³/mol. The molecule has 0 spiro atoms. The number of carbonyl (C=O) groups excluding carboxylic acids is 1. The molecule has 1 unspecified atom stereocenters. The molecule has 5 heteroatoms. The second-order valence-electron chi connectivity index (χ2n) is 3.57. The van der Waals surface area contributed by atoms with E-state index in [4.69, 9.17) is 17.3 Å². The van der Waals surface area contributed by atoms with E-state index in [1.54, 1.807) is 30.0 Å². The smallest absolute Gasteiger partial charge is 0.251 e. The van der Waals surface area contributed by atoms with Gasteiger partial charge in [-0.3, -0.25) is 4.79 Å². The molecule has 1 aromatic rings. The molecule has 1 rings (SSSR count). The van der Waals surface area contributed by atoms with Gasteiger partial charge in [0, 0.05) is 17.4 Å². The van der Waals surface area contributed by atoms with E-state index in [2.05, 4.69) is 5.32 Å². The fourth-order valence-electron chi connectivity index (χ4n) is 1.27. The standard InChI is InChI=1S/C11H15ClN2OS/c1-7(6-16-2)14-11(15)8-3-4-10(13)9(12)5-8/h3-5,7H,6,13H2,1-2H3,(H,14,15). The summed E-state index contributed by atoms with van der Waals surface area (Å²) in [6, 6.07) is 5.02. The van der Waals surface area contributed by atoms with Gasteiger partial charge < -0.3 is 11.1 Å². The molecule has 16 heavy (non-hydrogen) atoms. The van der Waals surface area contributed by atoms with Gasteiger partial charge in [-0.05, 0) is 31.4 Å². The molecule has 3 nitrogen and oxygen atoms in total. The molecule has 0 aliphatic carbocycles. The van der Waals surface area contributed by atoms with Crippen LogP contribution < -0.4 is 11.1 Å².